The van der Waals surface area contributed by atoms with E-state index in [9.17, 15) is 9.18 Å². The summed E-state index contributed by atoms with van der Waals surface area (Å²) in [6.07, 6.45) is 0. The van der Waals surface area contributed by atoms with Gasteiger partial charge in [0.25, 0.3) is 0 Å². The maximum absolute atomic E-state index is 13.6. The van der Waals surface area contributed by atoms with E-state index < -0.39 is 11.8 Å². The second kappa shape index (κ2) is 6.40. The number of benzene rings is 2. The number of nitrogens with two attached hydrogens (primary N) is 2. The number of azo groups is 1. The number of carbonyl (C=O) groups is 1. The fourth-order valence-electron chi connectivity index (χ4n) is 2.12. The fraction of sp³-hybridized carbons (Fsp3) is 0. The van der Waals surface area contributed by atoms with Gasteiger partial charge in [-0.1, -0.05) is 12.1 Å². The first kappa shape index (κ1) is 16.1. The Morgan fingerprint density at radius 1 is 1.08 bits per heavy atom. The Morgan fingerprint density at radius 2 is 1.76 bits per heavy atom. The van der Waals surface area contributed by atoms with E-state index in [-0.39, 0.29) is 28.6 Å². The molecule has 0 amide bonds. The fourth-order valence-corrected chi connectivity index (χ4v) is 2.12. The zero-order chi connectivity index (χ0) is 18.0. The molecule has 1 aromatic heterocycles. The van der Waals surface area contributed by atoms with Gasteiger partial charge in [0, 0.05) is 0 Å². The van der Waals surface area contributed by atoms with Crippen LogP contribution in [0, 0.1) is 5.82 Å². The first-order valence-corrected chi connectivity index (χ1v) is 7.11. The molecule has 0 unspecified atom stereocenters. The number of hydrogen-bond donors (Lipinski definition) is 3. The largest absolute Gasteiger partial charge is 0.478 e. The highest BCUT2D eigenvalue weighted by Gasteiger charge is 2.15. The third-order valence-corrected chi connectivity index (χ3v) is 3.39. The minimum Gasteiger partial charge on any atom is -0.478 e. The highest BCUT2D eigenvalue weighted by Crippen LogP contribution is 2.33. The molecule has 0 aliphatic rings. The Hall–Kier alpha value is -3.75. The van der Waals surface area contributed by atoms with Gasteiger partial charge in [-0.2, -0.15) is 0 Å². The van der Waals surface area contributed by atoms with Crippen molar-refractivity contribution in [3.63, 3.8) is 0 Å². The van der Waals surface area contributed by atoms with Crippen molar-refractivity contribution in [2.24, 2.45) is 10.2 Å². The van der Waals surface area contributed by atoms with E-state index in [1.807, 2.05) is 0 Å². The number of anilines is 2. The molecule has 3 rings (SSSR count). The summed E-state index contributed by atoms with van der Waals surface area (Å²) in [5.41, 5.74) is 12.6. The molecule has 0 saturated carbocycles. The number of aromatic carboxylic acids is 1. The average molecular weight is 340 g/mol. The molecule has 0 aliphatic carbocycles. The Bertz CT molecular complexity index is 965. The summed E-state index contributed by atoms with van der Waals surface area (Å²) >= 11 is 0. The molecule has 5 N–H and O–H groups in total. The van der Waals surface area contributed by atoms with Crippen LogP contribution in [0.3, 0.4) is 0 Å². The van der Waals surface area contributed by atoms with Gasteiger partial charge in [-0.15, -0.1) is 15.3 Å². The Kier molecular flexibility index (Phi) is 4.12. The molecule has 0 radical (unpaired) electrons. The van der Waals surface area contributed by atoms with Gasteiger partial charge in [0.1, 0.15) is 5.69 Å². The predicted molar refractivity (Wildman–Crippen MR) is 89.9 cm³/mol. The van der Waals surface area contributed by atoms with Crippen LogP contribution in [0.5, 0.6) is 0 Å². The molecular weight excluding hydrogens is 327 g/mol. The molecule has 9 heteroatoms. The maximum atomic E-state index is 13.6. The molecule has 0 aliphatic heterocycles. The van der Waals surface area contributed by atoms with Crippen LogP contribution in [0.25, 0.3) is 5.69 Å². The first-order chi connectivity index (χ1) is 12.0. The lowest BCUT2D eigenvalue weighted by atomic mass is 10.2. The third kappa shape index (κ3) is 3.15. The van der Waals surface area contributed by atoms with Crippen LogP contribution in [-0.4, -0.2) is 20.9 Å². The second-order valence-corrected chi connectivity index (χ2v) is 5.03. The summed E-state index contributed by atoms with van der Waals surface area (Å²) in [7, 11) is 0. The van der Waals surface area contributed by atoms with Crippen molar-refractivity contribution in [3.05, 3.63) is 59.9 Å². The van der Waals surface area contributed by atoms with Crippen molar-refractivity contribution >= 4 is 29.0 Å². The lowest BCUT2D eigenvalue weighted by Crippen LogP contribution is -2.03. The van der Waals surface area contributed by atoms with E-state index >= 15 is 0 Å². The van der Waals surface area contributed by atoms with Gasteiger partial charge in [-0.3, -0.25) is 0 Å². The summed E-state index contributed by atoms with van der Waals surface area (Å²) in [6, 6.07) is 11.8. The van der Waals surface area contributed by atoms with Crippen LogP contribution in [0.1, 0.15) is 10.4 Å². The lowest BCUT2D eigenvalue weighted by molar-refractivity contribution is 0.0697. The van der Waals surface area contributed by atoms with Gasteiger partial charge < -0.3 is 16.6 Å². The normalized spacial score (nSPS) is 11.1. The van der Waals surface area contributed by atoms with Crippen LogP contribution in [0.2, 0.25) is 0 Å². The number of carboxylic acid groups (broad SMARTS) is 1. The molecule has 2 aromatic carbocycles. The zero-order valence-electron chi connectivity index (χ0n) is 12.8. The quantitative estimate of drug-likeness (QED) is 0.627. The summed E-state index contributed by atoms with van der Waals surface area (Å²) in [4.78, 5) is 10.9. The second-order valence-electron chi connectivity index (χ2n) is 5.03. The molecule has 0 saturated heterocycles. The van der Waals surface area contributed by atoms with Crippen LogP contribution < -0.4 is 11.5 Å². The SMILES string of the molecule is Nc1nn(-c2ccc(C(=O)O)cc2)c(N)c1N=Nc1ccccc1F. The van der Waals surface area contributed by atoms with Gasteiger partial charge in [-0.05, 0) is 36.4 Å². The van der Waals surface area contributed by atoms with Gasteiger partial charge in [0.15, 0.2) is 23.1 Å². The van der Waals surface area contributed by atoms with Gasteiger partial charge in [-0.25, -0.2) is 13.9 Å². The molecule has 0 bridgehead atoms. The van der Waals surface area contributed by atoms with E-state index in [0.29, 0.717) is 5.69 Å². The summed E-state index contributed by atoms with van der Waals surface area (Å²) in [5.74, 6) is -1.46. The van der Waals surface area contributed by atoms with E-state index in [2.05, 4.69) is 15.3 Å². The molecule has 3 aromatic rings. The highest BCUT2D eigenvalue weighted by atomic mass is 19.1. The number of nitrogen functional groups attached to an aromatic ring is 2. The number of rotatable bonds is 4. The lowest BCUT2D eigenvalue weighted by Gasteiger charge is -2.04. The van der Waals surface area contributed by atoms with Crippen molar-refractivity contribution < 1.29 is 14.3 Å². The minimum absolute atomic E-state index is 0.0138. The molecule has 0 atom stereocenters. The molecule has 8 nitrogen and oxygen atoms in total. The van der Waals surface area contributed by atoms with Gasteiger partial charge >= 0.3 is 5.97 Å². The van der Waals surface area contributed by atoms with Crippen molar-refractivity contribution in [1.29, 1.82) is 0 Å². The summed E-state index contributed by atoms with van der Waals surface area (Å²) in [6.45, 7) is 0. The topological polar surface area (TPSA) is 132 Å². The van der Waals surface area contributed by atoms with Crippen LogP contribution in [-0.2, 0) is 0 Å². The number of aromatic nitrogens is 2. The Morgan fingerprint density at radius 3 is 2.40 bits per heavy atom. The number of halogens is 1. The third-order valence-electron chi connectivity index (χ3n) is 3.39. The standard InChI is InChI=1S/C16H13FN6O2/c17-11-3-1-2-4-12(11)20-21-13-14(18)22-23(15(13)19)10-7-5-9(6-8-10)16(24)25/h1-8H,19H2,(H2,18,22)(H,24,25). The summed E-state index contributed by atoms with van der Waals surface area (Å²) in [5, 5.41) is 20.7. The number of nitrogens with zero attached hydrogens (tertiary/aromatic N) is 4. The monoisotopic (exact) mass is 340 g/mol. The van der Waals surface area contributed by atoms with E-state index in [0.717, 1.165) is 0 Å². The smallest absolute Gasteiger partial charge is 0.335 e. The first-order valence-electron chi connectivity index (χ1n) is 7.11. The molecule has 1 heterocycles. The maximum Gasteiger partial charge on any atom is 0.335 e. The molecule has 0 fully saturated rings. The van der Waals surface area contributed by atoms with E-state index in [1.165, 1.54) is 47.1 Å². The van der Waals surface area contributed by atoms with Crippen molar-refractivity contribution in [2.45, 2.75) is 0 Å². The van der Waals surface area contributed by atoms with Gasteiger partial charge in [0.2, 0.25) is 0 Å². The summed E-state index contributed by atoms with van der Waals surface area (Å²) < 4.78 is 14.9. The molecule has 25 heavy (non-hydrogen) atoms. The van der Waals surface area contributed by atoms with E-state index in [1.54, 1.807) is 6.07 Å². The van der Waals surface area contributed by atoms with Crippen molar-refractivity contribution in [2.75, 3.05) is 11.5 Å². The highest BCUT2D eigenvalue weighted by molar-refractivity contribution is 5.87. The molecule has 126 valence electrons. The Labute approximate surface area is 141 Å². The number of carboxylic acids is 1. The zero-order valence-corrected chi connectivity index (χ0v) is 12.8. The molecule has 0 spiro atoms. The van der Waals surface area contributed by atoms with Gasteiger partial charge in [0.05, 0.1) is 11.3 Å². The van der Waals surface area contributed by atoms with E-state index in [4.69, 9.17) is 16.6 Å². The van der Waals surface area contributed by atoms with Crippen LogP contribution >= 0.6 is 0 Å². The van der Waals surface area contributed by atoms with Crippen LogP contribution in [0.4, 0.5) is 27.4 Å². The predicted octanol–water partition coefficient (Wildman–Crippen LogP) is 3.29. The average Bonchev–Trinajstić information content (AvgIpc) is 2.89. The Balaban J connectivity index is 1.96. The van der Waals surface area contributed by atoms with Crippen molar-refractivity contribution in [3.8, 4) is 5.69 Å². The molecular formula is C16H13FN6O2. The van der Waals surface area contributed by atoms with Crippen LogP contribution in [0.15, 0.2) is 58.8 Å². The number of hydrogen-bond acceptors (Lipinski definition) is 6. The minimum atomic E-state index is -1.04. The van der Waals surface area contributed by atoms with Crippen molar-refractivity contribution in [1.82, 2.24) is 9.78 Å².